The molecular formula is C26H34N4O2. The maximum Gasteiger partial charge on any atom is 0.251 e. The molecule has 0 fully saturated rings. The molecule has 0 aliphatic rings. The average Bonchev–Trinajstić information content (AvgIpc) is 3.16. The van der Waals surface area contributed by atoms with Gasteiger partial charge in [0.25, 0.3) is 5.91 Å². The average molecular weight is 435 g/mol. The van der Waals surface area contributed by atoms with E-state index < -0.39 is 0 Å². The van der Waals surface area contributed by atoms with E-state index in [2.05, 4.69) is 33.0 Å². The number of nitrogens with zero attached hydrogens (tertiary/aromatic N) is 3. The van der Waals surface area contributed by atoms with Crippen LogP contribution in [0.2, 0.25) is 0 Å². The van der Waals surface area contributed by atoms with E-state index in [4.69, 9.17) is 4.98 Å². The Hall–Kier alpha value is -3.15. The third-order valence-corrected chi connectivity index (χ3v) is 6.12. The molecule has 170 valence electrons. The number of para-hydroxylation sites is 2. The number of hydrogen-bond donors (Lipinski definition) is 1. The predicted octanol–water partition coefficient (Wildman–Crippen LogP) is 4.43. The Labute approximate surface area is 190 Å². The van der Waals surface area contributed by atoms with Crippen LogP contribution in [-0.4, -0.2) is 44.9 Å². The molecule has 0 bridgehead atoms. The van der Waals surface area contributed by atoms with Crippen molar-refractivity contribution in [2.75, 3.05) is 6.54 Å². The van der Waals surface area contributed by atoms with Crippen molar-refractivity contribution in [1.82, 2.24) is 19.8 Å². The molecule has 3 rings (SSSR count). The van der Waals surface area contributed by atoms with Gasteiger partial charge in [-0.25, -0.2) is 4.98 Å². The fraction of sp³-hybridized carbons (Fsp3) is 0.423. The Morgan fingerprint density at radius 1 is 0.969 bits per heavy atom. The molecule has 6 nitrogen and oxygen atoms in total. The number of hydrogen-bond acceptors (Lipinski definition) is 3. The Balaban J connectivity index is 1.79. The highest BCUT2D eigenvalue weighted by Gasteiger charge is 2.25. The first kappa shape index (κ1) is 23.5. The van der Waals surface area contributed by atoms with E-state index in [0.717, 1.165) is 29.7 Å². The van der Waals surface area contributed by atoms with Gasteiger partial charge in [0.2, 0.25) is 5.91 Å². The summed E-state index contributed by atoms with van der Waals surface area (Å²) in [5.41, 5.74) is 2.44. The van der Waals surface area contributed by atoms with Crippen molar-refractivity contribution in [1.29, 1.82) is 0 Å². The molecule has 1 aromatic heterocycles. The second-order valence-corrected chi connectivity index (χ2v) is 8.29. The van der Waals surface area contributed by atoms with Crippen molar-refractivity contribution in [3.63, 3.8) is 0 Å². The van der Waals surface area contributed by atoms with E-state index in [1.54, 1.807) is 12.1 Å². The first-order valence-corrected chi connectivity index (χ1v) is 11.5. The molecule has 0 aliphatic heterocycles. The summed E-state index contributed by atoms with van der Waals surface area (Å²) in [6, 6.07) is 17.4. The van der Waals surface area contributed by atoms with Crippen LogP contribution < -0.4 is 5.32 Å². The number of carbonyl (C=O) groups is 2. The van der Waals surface area contributed by atoms with Crippen LogP contribution >= 0.6 is 0 Å². The number of amides is 2. The summed E-state index contributed by atoms with van der Waals surface area (Å²) in [6.45, 7) is 9.14. The molecule has 0 saturated carbocycles. The van der Waals surface area contributed by atoms with Crippen LogP contribution in [0.3, 0.4) is 0 Å². The summed E-state index contributed by atoms with van der Waals surface area (Å²) in [7, 11) is 0. The van der Waals surface area contributed by atoms with Crippen molar-refractivity contribution in [2.24, 2.45) is 0 Å². The Morgan fingerprint density at radius 3 is 2.25 bits per heavy atom. The summed E-state index contributed by atoms with van der Waals surface area (Å²) in [5.74, 6) is 0.802. The second kappa shape index (κ2) is 10.9. The molecule has 2 atom stereocenters. The van der Waals surface area contributed by atoms with Crippen LogP contribution in [0.5, 0.6) is 0 Å². The Morgan fingerprint density at radius 2 is 1.59 bits per heavy atom. The highest BCUT2D eigenvalue weighted by molar-refractivity contribution is 5.94. The zero-order valence-corrected chi connectivity index (χ0v) is 19.5. The van der Waals surface area contributed by atoms with Gasteiger partial charge in [-0.3, -0.25) is 9.59 Å². The van der Waals surface area contributed by atoms with Crippen molar-refractivity contribution >= 4 is 22.8 Å². The SMILES string of the molecule is CCC(C)N(C(=O)Cn1c(CCNC(=O)c2ccccc2)nc2ccccc21)C(C)CC. The first-order chi connectivity index (χ1) is 15.5. The molecule has 0 aliphatic carbocycles. The summed E-state index contributed by atoms with van der Waals surface area (Å²) in [6.07, 6.45) is 2.38. The zero-order chi connectivity index (χ0) is 23.1. The number of benzene rings is 2. The quantitative estimate of drug-likeness (QED) is 0.513. The van der Waals surface area contributed by atoms with Gasteiger partial charge >= 0.3 is 0 Å². The van der Waals surface area contributed by atoms with E-state index in [1.807, 2.05) is 51.9 Å². The van der Waals surface area contributed by atoms with E-state index >= 15 is 0 Å². The highest BCUT2D eigenvalue weighted by Crippen LogP contribution is 2.19. The topological polar surface area (TPSA) is 67.2 Å². The van der Waals surface area contributed by atoms with E-state index in [1.165, 1.54) is 0 Å². The molecule has 0 spiro atoms. The number of fused-ring (bicyclic) bond motifs is 1. The molecule has 32 heavy (non-hydrogen) atoms. The minimum Gasteiger partial charge on any atom is -0.352 e. The van der Waals surface area contributed by atoms with Crippen LogP contribution in [0, 0.1) is 0 Å². The Kier molecular flexibility index (Phi) is 8.03. The van der Waals surface area contributed by atoms with Crippen LogP contribution in [0.25, 0.3) is 11.0 Å². The normalized spacial score (nSPS) is 13.0. The van der Waals surface area contributed by atoms with Gasteiger partial charge in [-0.1, -0.05) is 44.2 Å². The summed E-state index contributed by atoms with van der Waals surface area (Å²) < 4.78 is 2.00. The molecule has 1 heterocycles. The molecule has 1 N–H and O–H groups in total. The molecule has 2 aromatic carbocycles. The van der Waals surface area contributed by atoms with Gasteiger partial charge < -0.3 is 14.8 Å². The van der Waals surface area contributed by atoms with Crippen molar-refractivity contribution in [3.05, 3.63) is 66.0 Å². The minimum absolute atomic E-state index is 0.103. The number of imidazole rings is 1. The minimum atomic E-state index is -0.107. The lowest BCUT2D eigenvalue weighted by Crippen LogP contribution is -2.46. The smallest absolute Gasteiger partial charge is 0.251 e. The summed E-state index contributed by atoms with van der Waals surface area (Å²) >= 11 is 0. The van der Waals surface area contributed by atoms with Gasteiger partial charge in [-0.15, -0.1) is 0 Å². The lowest BCUT2D eigenvalue weighted by Gasteiger charge is -2.34. The van der Waals surface area contributed by atoms with Crippen LogP contribution in [-0.2, 0) is 17.8 Å². The Bertz CT molecular complexity index is 1030. The van der Waals surface area contributed by atoms with Crippen molar-refractivity contribution < 1.29 is 9.59 Å². The first-order valence-electron chi connectivity index (χ1n) is 11.5. The molecular weight excluding hydrogens is 400 g/mol. The van der Waals surface area contributed by atoms with Gasteiger partial charge in [0.15, 0.2) is 0 Å². The maximum absolute atomic E-state index is 13.4. The number of rotatable bonds is 10. The molecule has 0 saturated heterocycles. The van der Waals surface area contributed by atoms with Gasteiger partial charge in [-0.05, 0) is 51.0 Å². The monoisotopic (exact) mass is 434 g/mol. The largest absolute Gasteiger partial charge is 0.352 e. The standard InChI is InChI=1S/C26H34N4O2/c1-5-19(3)30(20(4)6-2)25(31)18-29-23-15-11-10-14-22(23)28-24(29)16-17-27-26(32)21-12-8-7-9-13-21/h7-15,19-20H,5-6,16-18H2,1-4H3,(H,27,32). The van der Waals surface area contributed by atoms with Crippen LogP contribution in [0.1, 0.15) is 56.7 Å². The molecule has 2 unspecified atom stereocenters. The molecule has 6 heteroatoms. The number of carbonyl (C=O) groups excluding carboxylic acids is 2. The summed E-state index contributed by atoms with van der Waals surface area (Å²) in [5, 5.41) is 2.96. The number of nitrogens with one attached hydrogen (secondary N) is 1. The fourth-order valence-corrected chi connectivity index (χ4v) is 4.01. The lowest BCUT2D eigenvalue weighted by molar-refractivity contribution is -0.136. The third-order valence-electron chi connectivity index (χ3n) is 6.12. The predicted molar refractivity (Wildman–Crippen MR) is 129 cm³/mol. The van der Waals surface area contributed by atoms with Crippen molar-refractivity contribution in [3.8, 4) is 0 Å². The number of aromatic nitrogens is 2. The van der Waals surface area contributed by atoms with Crippen LogP contribution in [0.15, 0.2) is 54.6 Å². The second-order valence-electron chi connectivity index (χ2n) is 8.29. The highest BCUT2D eigenvalue weighted by atomic mass is 16.2. The fourth-order valence-electron chi connectivity index (χ4n) is 4.01. The van der Waals surface area contributed by atoms with Gasteiger partial charge in [0.1, 0.15) is 12.4 Å². The molecule has 0 radical (unpaired) electrons. The van der Waals surface area contributed by atoms with Crippen LogP contribution in [0.4, 0.5) is 0 Å². The van der Waals surface area contributed by atoms with E-state index in [0.29, 0.717) is 18.5 Å². The van der Waals surface area contributed by atoms with E-state index in [9.17, 15) is 9.59 Å². The van der Waals surface area contributed by atoms with Gasteiger partial charge in [0, 0.05) is 30.6 Å². The zero-order valence-electron chi connectivity index (χ0n) is 19.5. The maximum atomic E-state index is 13.4. The lowest BCUT2D eigenvalue weighted by atomic mass is 10.1. The molecule has 3 aromatic rings. The third kappa shape index (κ3) is 5.36. The van der Waals surface area contributed by atoms with Crippen molar-refractivity contribution in [2.45, 2.75) is 65.6 Å². The van der Waals surface area contributed by atoms with Gasteiger partial charge in [0.05, 0.1) is 11.0 Å². The van der Waals surface area contributed by atoms with Gasteiger partial charge in [-0.2, -0.15) is 0 Å². The summed E-state index contributed by atoms with van der Waals surface area (Å²) in [4.78, 5) is 32.5. The molecule has 2 amide bonds. The van der Waals surface area contributed by atoms with E-state index in [-0.39, 0.29) is 30.4 Å².